The van der Waals surface area contributed by atoms with Gasteiger partial charge >= 0.3 is 0 Å². The topological polar surface area (TPSA) is 36.4 Å². The van der Waals surface area contributed by atoms with Crippen molar-refractivity contribution in [2.45, 2.75) is 49.8 Å². The monoisotopic (exact) mass is 282 g/mol. The summed E-state index contributed by atoms with van der Waals surface area (Å²) in [6, 6.07) is 11.2. The molecule has 1 N–H and O–H groups in total. The highest BCUT2D eigenvalue weighted by Crippen LogP contribution is 2.44. The number of rotatable bonds is 1. The number of aromatic nitrogens is 1. The zero-order valence-corrected chi connectivity index (χ0v) is 12.5. The van der Waals surface area contributed by atoms with E-state index in [1.54, 1.807) is 0 Å². The zero-order valence-electron chi connectivity index (χ0n) is 12.5. The van der Waals surface area contributed by atoms with Crippen LogP contribution in [0.3, 0.4) is 0 Å². The Hall–Kier alpha value is -1.45. The predicted molar refractivity (Wildman–Crippen MR) is 84.1 cm³/mol. The first-order valence-electron chi connectivity index (χ1n) is 7.96. The number of pyridine rings is 1. The molecule has 0 radical (unpaired) electrons. The fourth-order valence-corrected chi connectivity index (χ4v) is 4.35. The van der Waals surface area contributed by atoms with Crippen molar-refractivity contribution in [2.24, 2.45) is 0 Å². The van der Waals surface area contributed by atoms with E-state index >= 15 is 0 Å². The van der Waals surface area contributed by atoms with Crippen molar-refractivity contribution < 1.29 is 5.11 Å². The maximum absolute atomic E-state index is 11.4. The molecule has 0 spiro atoms. The summed E-state index contributed by atoms with van der Waals surface area (Å²) in [4.78, 5) is 7.02. The van der Waals surface area contributed by atoms with Gasteiger partial charge in [0.25, 0.3) is 0 Å². The summed E-state index contributed by atoms with van der Waals surface area (Å²) >= 11 is 0. The third kappa shape index (κ3) is 2.07. The Kier molecular flexibility index (Phi) is 3.02. The molecule has 110 valence electrons. The maximum Gasteiger partial charge on any atom is 0.0947 e. The largest absolute Gasteiger partial charge is 0.385 e. The summed E-state index contributed by atoms with van der Waals surface area (Å²) in [7, 11) is 2.22. The van der Waals surface area contributed by atoms with Gasteiger partial charge in [0.05, 0.1) is 11.1 Å². The van der Waals surface area contributed by atoms with Gasteiger partial charge in [-0.25, -0.2) is 0 Å². The lowest BCUT2D eigenvalue weighted by molar-refractivity contribution is -0.0867. The third-order valence-electron chi connectivity index (χ3n) is 5.51. The highest BCUT2D eigenvalue weighted by atomic mass is 16.3. The van der Waals surface area contributed by atoms with Crippen molar-refractivity contribution in [1.29, 1.82) is 0 Å². The fourth-order valence-electron chi connectivity index (χ4n) is 4.35. The quantitative estimate of drug-likeness (QED) is 0.873. The second-order valence-corrected chi connectivity index (χ2v) is 6.72. The van der Waals surface area contributed by atoms with Gasteiger partial charge in [0.15, 0.2) is 0 Å². The number of piperidine rings is 2. The van der Waals surface area contributed by atoms with Crippen LogP contribution in [0.2, 0.25) is 0 Å². The van der Waals surface area contributed by atoms with Gasteiger partial charge in [-0.2, -0.15) is 0 Å². The smallest absolute Gasteiger partial charge is 0.0947 e. The molecule has 0 saturated carbocycles. The van der Waals surface area contributed by atoms with Crippen LogP contribution in [-0.4, -0.2) is 34.1 Å². The van der Waals surface area contributed by atoms with E-state index in [4.69, 9.17) is 0 Å². The van der Waals surface area contributed by atoms with Crippen LogP contribution in [0.15, 0.2) is 36.5 Å². The molecule has 2 aliphatic heterocycles. The van der Waals surface area contributed by atoms with Gasteiger partial charge in [-0.15, -0.1) is 0 Å². The third-order valence-corrected chi connectivity index (χ3v) is 5.51. The second-order valence-electron chi connectivity index (χ2n) is 6.72. The van der Waals surface area contributed by atoms with Crippen LogP contribution in [0, 0.1) is 0 Å². The Bertz CT molecular complexity index is 650. The van der Waals surface area contributed by atoms with E-state index in [0.29, 0.717) is 12.1 Å². The number of aliphatic hydroxyl groups is 1. The van der Waals surface area contributed by atoms with Crippen molar-refractivity contribution >= 4 is 10.9 Å². The van der Waals surface area contributed by atoms with Crippen LogP contribution >= 0.6 is 0 Å². The SMILES string of the molecule is CN1C2CCCC1CC(O)(c1cccc3cccnc13)C2. The molecule has 0 amide bonds. The lowest BCUT2D eigenvalue weighted by Crippen LogP contribution is -2.55. The average molecular weight is 282 g/mol. The molecule has 2 bridgehead atoms. The van der Waals surface area contributed by atoms with Crippen LogP contribution in [0.1, 0.15) is 37.7 Å². The molecule has 0 aliphatic carbocycles. The lowest BCUT2D eigenvalue weighted by Gasteiger charge is -2.50. The van der Waals surface area contributed by atoms with E-state index in [0.717, 1.165) is 29.3 Å². The van der Waals surface area contributed by atoms with Gasteiger partial charge in [-0.1, -0.05) is 30.7 Å². The molecule has 21 heavy (non-hydrogen) atoms. The number of hydrogen-bond acceptors (Lipinski definition) is 3. The van der Waals surface area contributed by atoms with Gasteiger partial charge in [-0.3, -0.25) is 4.98 Å². The molecule has 4 rings (SSSR count). The first-order chi connectivity index (χ1) is 10.2. The first-order valence-corrected chi connectivity index (χ1v) is 7.96. The molecular formula is C18H22N2O. The van der Waals surface area contributed by atoms with E-state index in [1.807, 2.05) is 18.3 Å². The lowest BCUT2D eigenvalue weighted by atomic mass is 9.72. The van der Waals surface area contributed by atoms with Crippen molar-refractivity contribution in [2.75, 3.05) is 7.05 Å². The Morgan fingerprint density at radius 2 is 1.86 bits per heavy atom. The van der Waals surface area contributed by atoms with Gasteiger partial charge in [0.1, 0.15) is 0 Å². The molecule has 1 aromatic carbocycles. The van der Waals surface area contributed by atoms with E-state index in [9.17, 15) is 5.11 Å². The van der Waals surface area contributed by atoms with Gasteiger partial charge in [0, 0.05) is 29.2 Å². The van der Waals surface area contributed by atoms with Crippen molar-refractivity contribution in [3.8, 4) is 0 Å². The standard InChI is InChI=1S/C18H22N2O/c1-20-14-7-3-8-15(20)12-18(21,11-14)16-9-2-5-13-6-4-10-19-17(13)16/h2,4-6,9-10,14-15,21H,3,7-8,11-12H2,1H3. The Morgan fingerprint density at radius 3 is 2.62 bits per heavy atom. The fraction of sp³-hybridized carbons (Fsp3) is 0.500. The minimum absolute atomic E-state index is 0.501. The van der Waals surface area contributed by atoms with Crippen molar-refractivity contribution in [1.82, 2.24) is 9.88 Å². The van der Waals surface area contributed by atoms with Gasteiger partial charge in [0.2, 0.25) is 0 Å². The molecular weight excluding hydrogens is 260 g/mol. The molecule has 3 heteroatoms. The minimum atomic E-state index is -0.726. The van der Waals surface area contributed by atoms with Crippen LogP contribution in [0.5, 0.6) is 0 Å². The zero-order chi connectivity index (χ0) is 14.4. The molecule has 2 unspecified atom stereocenters. The maximum atomic E-state index is 11.4. The normalized spacial score (nSPS) is 33.2. The van der Waals surface area contributed by atoms with E-state index in [2.05, 4.69) is 35.1 Å². The van der Waals surface area contributed by atoms with Crippen molar-refractivity contribution in [3.05, 3.63) is 42.1 Å². The van der Waals surface area contributed by atoms with Gasteiger partial charge in [-0.05, 0) is 38.8 Å². The van der Waals surface area contributed by atoms with Crippen LogP contribution in [0.4, 0.5) is 0 Å². The summed E-state index contributed by atoms with van der Waals surface area (Å²) in [5.74, 6) is 0. The summed E-state index contributed by atoms with van der Waals surface area (Å²) in [6.07, 6.45) is 7.18. The summed E-state index contributed by atoms with van der Waals surface area (Å²) in [5.41, 5.74) is 1.26. The molecule has 3 nitrogen and oxygen atoms in total. The number of para-hydroxylation sites is 1. The Morgan fingerprint density at radius 1 is 1.14 bits per heavy atom. The summed E-state index contributed by atoms with van der Waals surface area (Å²) in [6.45, 7) is 0. The Balaban J connectivity index is 1.81. The van der Waals surface area contributed by atoms with E-state index in [-0.39, 0.29) is 0 Å². The first kappa shape index (κ1) is 13.2. The number of hydrogen-bond donors (Lipinski definition) is 1. The highest BCUT2D eigenvalue weighted by Gasteiger charge is 2.45. The van der Waals surface area contributed by atoms with Crippen LogP contribution < -0.4 is 0 Å². The molecule has 2 saturated heterocycles. The number of fused-ring (bicyclic) bond motifs is 3. The molecule has 2 aliphatic rings. The second kappa shape index (κ2) is 4.79. The Labute approximate surface area is 125 Å². The molecule has 2 aromatic rings. The van der Waals surface area contributed by atoms with Crippen LogP contribution in [0.25, 0.3) is 10.9 Å². The predicted octanol–water partition coefficient (Wildman–Crippen LogP) is 3.07. The number of benzene rings is 1. The molecule has 2 atom stereocenters. The molecule has 1 aromatic heterocycles. The van der Waals surface area contributed by atoms with Crippen LogP contribution in [-0.2, 0) is 5.60 Å². The molecule has 3 heterocycles. The number of nitrogens with zero attached hydrogens (tertiary/aromatic N) is 2. The summed E-state index contributed by atoms with van der Waals surface area (Å²) in [5, 5.41) is 12.5. The van der Waals surface area contributed by atoms with E-state index < -0.39 is 5.60 Å². The van der Waals surface area contributed by atoms with Crippen molar-refractivity contribution in [3.63, 3.8) is 0 Å². The highest BCUT2D eigenvalue weighted by molar-refractivity contribution is 5.82. The van der Waals surface area contributed by atoms with E-state index in [1.165, 1.54) is 19.3 Å². The minimum Gasteiger partial charge on any atom is -0.385 e. The van der Waals surface area contributed by atoms with Gasteiger partial charge < -0.3 is 10.0 Å². The average Bonchev–Trinajstić information content (AvgIpc) is 2.48. The molecule has 2 fully saturated rings. The summed E-state index contributed by atoms with van der Waals surface area (Å²) < 4.78 is 0.